The number of aryl methyl sites for hydroxylation is 1. The molecule has 5 aromatic rings. The van der Waals surface area contributed by atoms with Crippen LogP contribution in [0.3, 0.4) is 0 Å². The van der Waals surface area contributed by atoms with Crippen molar-refractivity contribution < 1.29 is 4.79 Å². The lowest BCUT2D eigenvalue weighted by atomic mass is 10.1. The van der Waals surface area contributed by atoms with E-state index in [4.69, 9.17) is 11.6 Å². The number of benzene rings is 2. The normalized spacial score (nSPS) is 11.2. The number of fused-ring (bicyclic) bond motifs is 3. The highest BCUT2D eigenvalue weighted by Crippen LogP contribution is 2.21. The van der Waals surface area contributed by atoms with Gasteiger partial charge in [-0.3, -0.25) is 14.2 Å². The minimum absolute atomic E-state index is 0.112. The van der Waals surface area contributed by atoms with Gasteiger partial charge in [0, 0.05) is 28.7 Å². The highest BCUT2D eigenvalue weighted by atomic mass is 35.5. The summed E-state index contributed by atoms with van der Waals surface area (Å²) in [4.78, 5) is 30.2. The molecule has 0 saturated heterocycles. The molecule has 0 atom stereocenters. The molecule has 0 unspecified atom stereocenters. The van der Waals surface area contributed by atoms with E-state index in [1.54, 1.807) is 41.1 Å². The van der Waals surface area contributed by atoms with Crippen LogP contribution in [0.1, 0.15) is 21.5 Å². The van der Waals surface area contributed by atoms with E-state index in [2.05, 4.69) is 10.3 Å². The van der Waals surface area contributed by atoms with Gasteiger partial charge in [0.05, 0.1) is 12.1 Å². The third-order valence-corrected chi connectivity index (χ3v) is 5.73. The fraction of sp³-hybridized carbons (Fsp3) is 0.0800. The predicted molar refractivity (Wildman–Crippen MR) is 127 cm³/mol. The molecule has 32 heavy (non-hydrogen) atoms. The van der Waals surface area contributed by atoms with Crippen molar-refractivity contribution in [2.24, 2.45) is 0 Å². The van der Waals surface area contributed by atoms with Gasteiger partial charge in [-0.15, -0.1) is 0 Å². The Bertz CT molecular complexity index is 1530. The van der Waals surface area contributed by atoms with E-state index in [1.165, 1.54) is 0 Å². The van der Waals surface area contributed by atoms with E-state index in [0.29, 0.717) is 34.0 Å². The standard InChI is InChI=1S/C25H19ClN4O2/c1-16-6-11-19(26)14-20(16)28-24(31)18-9-7-17(8-10-18)15-30-23-21(4-2-12-27-23)29-13-3-5-22(29)25(30)32/h2-14H,15H2,1H3,(H,28,31). The molecule has 0 aliphatic heterocycles. The number of carbonyl (C=O) groups is 1. The second-order valence-corrected chi connectivity index (χ2v) is 8.05. The lowest BCUT2D eigenvalue weighted by Crippen LogP contribution is -2.24. The van der Waals surface area contributed by atoms with Gasteiger partial charge in [0.25, 0.3) is 11.5 Å². The van der Waals surface area contributed by atoms with Crippen molar-refractivity contribution in [3.63, 3.8) is 0 Å². The number of aromatic nitrogens is 3. The molecule has 3 heterocycles. The first kappa shape index (κ1) is 20.0. The fourth-order valence-corrected chi connectivity index (χ4v) is 3.97. The van der Waals surface area contributed by atoms with Crippen molar-refractivity contribution in [3.8, 4) is 0 Å². The van der Waals surface area contributed by atoms with E-state index in [1.807, 2.05) is 53.9 Å². The summed E-state index contributed by atoms with van der Waals surface area (Å²) in [6.45, 7) is 2.26. The molecular formula is C25H19ClN4O2. The van der Waals surface area contributed by atoms with E-state index in [-0.39, 0.29) is 11.5 Å². The topological polar surface area (TPSA) is 68.4 Å². The summed E-state index contributed by atoms with van der Waals surface area (Å²) >= 11 is 6.04. The van der Waals surface area contributed by atoms with Crippen LogP contribution in [-0.4, -0.2) is 19.9 Å². The molecule has 5 rings (SSSR count). The Morgan fingerprint density at radius 1 is 1.03 bits per heavy atom. The summed E-state index contributed by atoms with van der Waals surface area (Å²) in [7, 11) is 0. The molecule has 0 aliphatic carbocycles. The SMILES string of the molecule is Cc1ccc(Cl)cc1NC(=O)c1ccc(Cn2c(=O)c3cccn3c3cccnc32)cc1. The molecule has 0 radical (unpaired) electrons. The first-order valence-electron chi connectivity index (χ1n) is 10.1. The summed E-state index contributed by atoms with van der Waals surface area (Å²) in [5.41, 5.74) is 4.98. The van der Waals surface area contributed by atoms with Gasteiger partial charge in [0.1, 0.15) is 5.52 Å². The molecule has 0 fully saturated rings. The maximum absolute atomic E-state index is 13.1. The maximum Gasteiger partial charge on any atom is 0.276 e. The Morgan fingerprint density at radius 3 is 2.62 bits per heavy atom. The zero-order chi connectivity index (χ0) is 22.2. The van der Waals surface area contributed by atoms with Gasteiger partial charge in [0.15, 0.2) is 5.65 Å². The van der Waals surface area contributed by atoms with Gasteiger partial charge in [-0.25, -0.2) is 4.98 Å². The van der Waals surface area contributed by atoms with Crippen LogP contribution >= 0.6 is 11.6 Å². The van der Waals surface area contributed by atoms with Gasteiger partial charge in [-0.2, -0.15) is 0 Å². The number of hydrogen-bond donors (Lipinski definition) is 1. The van der Waals surface area contributed by atoms with Gasteiger partial charge in [0.2, 0.25) is 0 Å². The van der Waals surface area contributed by atoms with Crippen molar-refractivity contribution in [1.29, 1.82) is 0 Å². The molecule has 1 amide bonds. The molecule has 0 aliphatic rings. The van der Waals surface area contributed by atoms with E-state index >= 15 is 0 Å². The van der Waals surface area contributed by atoms with E-state index < -0.39 is 0 Å². The van der Waals surface area contributed by atoms with Crippen LogP contribution < -0.4 is 10.9 Å². The van der Waals surface area contributed by atoms with Crippen molar-refractivity contribution >= 4 is 39.9 Å². The summed E-state index contributed by atoms with van der Waals surface area (Å²) < 4.78 is 3.52. The Hall–Kier alpha value is -3.90. The smallest absolute Gasteiger partial charge is 0.276 e. The monoisotopic (exact) mass is 442 g/mol. The number of hydrogen-bond acceptors (Lipinski definition) is 3. The Morgan fingerprint density at radius 2 is 1.81 bits per heavy atom. The molecule has 158 valence electrons. The zero-order valence-corrected chi connectivity index (χ0v) is 18.0. The number of nitrogens with zero attached hydrogens (tertiary/aromatic N) is 3. The molecule has 0 bridgehead atoms. The Labute approximate surface area is 188 Å². The third-order valence-electron chi connectivity index (χ3n) is 5.50. The number of halogens is 1. The number of nitrogens with one attached hydrogen (secondary N) is 1. The van der Waals surface area contributed by atoms with Crippen LogP contribution in [0, 0.1) is 6.92 Å². The largest absolute Gasteiger partial charge is 0.322 e. The van der Waals surface area contributed by atoms with Crippen molar-refractivity contribution in [2.75, 3.05) is 5.32 Å². The number of rotatable bonds is 4. The van der Waals surface area contributed by atoms with Crippen LogP contribution in [0.2, 0.25) is 5.02 Å². The molecule has 6 nitrogen and oxygen atoms in total. The number of anilines is 1. The maximum atomic E-state index is 13.1. The molecular weight excluding hydrogens is 424 g/mol. The summed E-state index contributed by atoms with van der Waals surface area (Å²) in [5, 5.41) is 3.46. The zero-order valence-electron chi connectivity index (χ0n) is 17.2. The second-order valence-electron chi connectivity index (χ2n) is 7.61. The molecule has 2 aromatic carbocycles. The molecule has 0 spiro atoms. The summed E-state index contributed by atoms with van der Waals surface area (Å²) in [6.07, 6.45) is 3.54. The lowest BCUT2D eigenvalue weighted by Gasteiger charge is -2.12. The fourth-order valence-electron chi connectivity index (χ4n) is 3.80. The minimum Gasteiger partial charge on any atom is -0.322 e. The number of pyridine rings is 1. The molecule has 7 heteroatoms. The van der Waals surface area contributed by atoms with E-state index in [9.17, 15) is 9.59 Å². The molecule has 0 saturated carbocycles. The van der Waals surface area contributed by atoms with Crippen LogP contribution in [0.25, 0.3) is 16.7 Å². The van der Waals surface area contributed by atoms with E-state index in [0.717, 1.165) is 16.6 Å². The first-order valence-corrected chi connectivity index (χ1v) is 10.5. The number of carbonyl (C=O) groups excluding carboxylic acids is 1. The first-order chi connectivity index (χ1) is 15.5. The van der Waals surface area contributed by atoms with Crippen LogP contribution in [-0.2, 0) is 6.54 Å². The average molecular weight is 443 g/mol. The lowest BCUT2D eigenvalue weighted by molar-refractivity contribution is 0.102. The third kappa shape index (κ3) is 3.55. The van der Waals surface area contributed by atoms with Gasteiger partial charge in [-0.1, -0.05) is 29.8 Å². The molecule has 3 aromatic heterocycles. The number of amides is 1. The van der Waals surface area contributed by atoms with Gasteiger partial charge >= 0.3 is 0 Å². The van der Waals surface area contributed by atoms with Gasteiger partial charge in [-0.05, 0) is 66.6 Å². The summed E-state index contributed by atoms with van der Waals surface area (Å²) in [5.74, 6) is -0.221. The minimum atomic E-state index is -0.221. The second kappa shape index (κ2) is 7.98. The highest BCUT2D eigenvalue weighted by molar-refractivity contribution is 6.31. The van der Waals surface area contributed by atoms with Crippen molar-refractivity contribution in [3.05, 3.63) is 111 Å². The Balaban J connectivity index is 1.44. The van der Waals surface area contributed by atoms with Crippen LogP contribution in [0.15, 0.2) is 83.9 Å². The molecule has 1 N–H and O–H groups in total. The van der Waals surface area contributed by atoms with Crippen LogP contribution in [0.5, 0.6) is 0 Å². The quantitative estimate of drug-likeness (QED) is 0.430. The van der Waals surface area contributed by atoms with Crippen molar-refractivity contribution in [1.82, 2.24) is 14.0 Å². The van der Waals surface area contributed by atoms with Gasteiger partial charge < -0.3 is 9.72 Å². The predicted octanol–water partition coefficient (Wildman–Crippen LogP) is 4.91. The Kier molecular flexibility index (Phi) is 4.99. The highest BCUT2D eigenvalue weighted by Gasteiger charge is 2.13. The van der Waals surface area contributed by atoms with Crippen molar-refractivity contribution in [2.45, 2.75) is 13.5 Å². The average Bonchev–Trinajstić information content (AvgIpc) is 3.30. The summed E-state index contributed by atoms with van der Waals surface area (Å²) in [6, 6.07) is 20.0. The van der Waals surface area contributed by atoms with Crippen LogP contribution in [0.4, 0.5) is 5.69 Å².